The van der Waals surface area contributed by atoms with E-state index >= 15 is 0 Å². The van der Waals surface area contributed by atoms with Gasteiger partial charge in [0.05, 0.1) is 0 Å². The number of nitrogens with two attached hydrogens (primary N) is 1. The molecule has 1 aromatic rings. The van der Waals surface area contributed by atoms with Crippen LogP contribution in [0.2, 0.25) is 0 Å². The smallest absolute Gasteiger partial charge is 0.127 e. The molecule has 0 unspecified atom stereocenters. The Morgan fingerprint density at radius 3 is 2.65 bits per heavy atom. The fourth-order valence-corrected chi connectivity index (χ4v) is 2.16. The van der Waals surface area contributed by atoms with E-state index in [1.54, 1.807) is 6.07 Å². The van der Waals surface area contributed by atoms with E-state index < -0.39 is 0 Å². The minimum atomic E-state index is -0.285. The van der Waals surface area contributed by atoms with Crippen LogP contribution in [-0.4, -0.2) is 18.6 Å². The van der Waals surface area contributed by atoms with Gasteiger partial charge in [0.25, 0.3) is 0 Å². The molecule has 0 fully saturated rings. The fraction of sp³-hybridized carbons (Fsp3) is 0.538. The number of anilines is 2. The SMILES string of the molecule is CSCCCCCCNc1cc(N)cc(F)c1. The highest BCUT2D eigenvalue weighted by Crippen LogP contribution is 2.15. The van der Waals surface area contributed by atoms with Crippen LogP contribution < -0.4 is 11.1 Å². The summed E-state index contributed by atoms with van der Waals surface area (Å²) in [6.45, 7) is 0.877. The maximum Gasteiger partial charge on any atom is 0.127 e. The molecule has 0 aliphatic carbocycles. The Balaban J connectivity index is 2.13. The summed E-state index contributed by atoms with van der Waals surface area (Å²) in [5.41, 5.74) is 6.80. The van der Waals surface area contributed by atoms with E-state index in [1.165, 1.54) is 37.1 Å². The zero-order chi connectivity index (χ0) is 12.5. The number of nitrogen functional groups attached to an aromatic ring is 1. The Hall–Kier alpha value is -0.900. The van der Waals surface area contributed by atoms with Crippen molar-refractivity contribution in [2.75, 3.05) is 29.6 Å². The Morgan fingerprint density at radius 1 is 1.18 bits per heavy atom. The lowest BCUT2D eigenvalue weighted by Gasteiger charge is -2.07. The summed E-state index contributed by atoms with van der Waals surface area (Å²) in [6, 6.07) is 4.56. The van der Waals surface area contributed by atoms with Gasteiger partial charge in [0.15, 0.2) is 0 Å². The molecule has 0 amide bonds. The zero-order valence-corrected chi connectivity index (χ0v) is 11.2. The van der Waals surface area contributed by atoms with Crippen LogP contribution in [0.5, 0.6) is 0 Å². The molecule has 0 aliphatic heterocycles. The quantitative estimate of drug-likeness (QED) is 0.549. The number of rotatable bonds is 8. The van der Waals surface area contributed by atoms with E-state index in [4.69, 9.17) is 5.73 Å². The van der Waals surface area contributed by atoms with E-state index in [2.05, 4.69) is 11.6 Å². The van der Waals surface area contributed by atoms with Crippen molar-refractivity contribution in [1.82, 2.24) is 0 Å². The topological polar surface area (TPSA) is 38.0 Å². The second-order valence-corrected chi connectivity index (χ2v) is 5.09. The lowest BCUT2D eigenvalue weighted by atomic mass is 10.2. The van der Waals surface area contributed by atoms with E-state index in [0.717, 1.165) is 18.7 Å². The monoisotopic (exact) mass is 256 g/mol. The van der Waals surface area contributed by atoms with Gasteiger partial charge in [-0.2, -0.15) is 11.8 Å². The van der Waals surface area contributed by atoms with Gasteiger partial charge in [-0.3, -0.25) is 0 Å². The molecular weight excluding hydrogens is 235 g/mol. The first-order valence-electron chi connectivity index (χ1n) is 6.01. The lowest BCUT2D eigenvalue weighted by Crippen LogP contribution is -2.02. The third-order valence-corrected chi connectivity index (χ3v) is 3.22. The van der Waals surface area contributed by atoms with E-state index in [9.17, 15) is 4.39 Å². The minimum Gasteiger partial charge on any atom is -0.399 e. The summed E-state index contributed by atoms with van der Waals surface area (Å²) in [4.78, 5) is 0. The molecule has 0 spiro atoms. The molecule has 4 heteroatoms. The summed E-state index contributed by atoms with van der Waals surface area (Å²) < 4.78 is 13.0. The maximum atomic E-state index is 13.0. The van der Waals surface area contributed by atoms with E-state index in [-0.39, 0.29) is 5.82 Å². The average Bonchev–Trinajstić information content (AvgIpc) is 2.26. The Morgan fingerprint density at radius 2 is 1.94 bits per heavy atom. The number of unbranched alkanes of at least 4 members (excludes halogenated alkanes) is 3. The largest absolute Gasteiger partial charge is 0.399 e. The maximum absolute atomic E-state index is 13.0. The number of halogens is 1. The molecule has 0 saturated carbocycles. The molecule has 2 nitrogen and oxygen atoms in total. The number of nitrogens with one attached hydrogen (secondary N) is 1. The van der Waals surface area contributed by atoms with E-state index in [0.29, 0.717) is 5.69 Å². The Bertz CT molecular complexity index is 311. The van der Waals surface area contributed by atoms with Crippen molar-refractivity contribution in [1.29, 1.82) is 0 Å². The van der Waals surface area contributed by atoms with Crippen molar-refractivity contribution in [3.05, 3.63) is 24.0 Å². The van der Waals surface area contributed by atoms with Gasteiger partial charge in [-0.1, -0.05) is 12.8 Å². The first-order valence-corrected chi connectivity index (χ1v) is 7.40. The van der Waals surface area contributed by atoms with Crippen LogP contribution >= 0.6 is 11.8 Å². The zero-order valence-electron chi connectivity index (χ0n) is 10.3. The van der Waals surface area contributed by atoms with Crippen molar-refractivity contribution in [2.45, 2.75) is 25.7 Å². The summed E-state index contributed by atoms with van der Waals surface area (Å²) in [5.74, 6) is 0.959. The van der Waals surface area contributed by atoms with Gasteiger partial charge in [-0.15, -0.1) is 0 Å². The fourth-order valence-electron chi connectivity index (χ4n) is 1.67. The first kappa shape index (κ1) is 14.2. The highest BCUT2D eigenvalue weighted by molar-refractivity contribution is 7.98. The van der Waals surface area contributed by atoms with Crippen LogP contribution in [-0.2, 0) is 0 Å². The van der Waals surface area contributed by atoms with Crippen LogP contribution in [0.25, 0.3) is 0 Å². The molecule has 1 rings (SSSR count). The Labute approximate surface area is 107 Å². The van der Waals surface area contributed by atoms with Gasteiger partial charge in [-0.25, -0.2) is 4.39 Å². The predicted octanol–water partition coefficient (Wildman–Crippen LogP) is 3.74. The number of thioether (sulfide) groups is 1. The molecule has 17 heavy (non-hydrogen) atoms. The highest BCUT2D eigenvalue weighted by Gasteiger charge is 1.97. The third-order valence-electron chi connectivity index (χ3n) is 2.52. The third kappa shape index (κ3) is 6.41. The van der Waals surface area contributed by atoms with Gasteiger partial charge < -0.3 is 11.1 Å². The van der Waals surface area contributed by atoms with Crippen molar-refractivity contribution >= 4 is 23.1 Å². The summed E-state index contributed by atoms with van der Waals surface area (Å²) in [6.07, 6.45) is 7.03. The van der Waals surface area contributed by atoms with Crippen LogP contribution in [0.15, 0.2) is 18.2 Å². The van der Waals surface area contributed by atoms with Gasteiger partial charge in [0.1, 0.15) is 5.82 Å². The summed E-state index contributed by atoms with van der Waals surface area (Å²) >= 11 is 1.89. The lowest BCUT2D eigenvalue weighted by molar-refractivity contribution is 0.628. The molecular formula is C13H21FN2S. The molecule has 0 saturated heterocycles. The van der Waals surface area contributed by atoms with Gasteiger partial charge in [0, 0.05) is 17.9 Å². The molecule has 96 valence electrons. The van der Waals surface area contributed by atoms with Gasteiger partial charge in [-0.05, 0) is 43.0 Å². The molecule has 0 heterocycles. The predicted molar refractivity (Wildman–Crippen MR) is 76.2 cm³/mol. The molecule has 0 radical (unpaired) electrons. The van der Waals surface area contributed by atoms with Gasteiger partial charge >= 0.3 is 0 Å². The molecule has 1 aromatic carbocycles. The van der Waals surface area contributed by atoms with Crippen LogP contribution in [0, 0.1) is 5.82 Å². The summed E-state index contributed by atoms with van der Waals surface area (Å²) in [7, 11) is 0. The molecule has 0 atom stereocenters. The Kier molecular flexibility index (Phi) is 6.86. The minimum absolute atomic E-state index is 0.285. The van der Waals surface area contributed by atoms with E-state index in [1.807, 2.05) is 11.8 Å². The molecule has 0 aliphatic rings. The highest BCUT2D eigenvalue weighted by atomic mass is 32.2. The second kappa shape index (κ2) is 8.23. The second-order valence-electron chi connectivity index (χ2n) is 4.11. The first-order chi connectivity index (χ1) is 8.22. The van der Waals surface area contributed by atoms with Crippen molar-refractivity contribution in [3.63, 3.8) is 0 Å². The average molecular weight is 256 g/mol. The molecule has 3 N–H and O–H groups in total. The standard InChI is InChI=1S/C13H21FN2S/c1-17-7-5-3-2-4-6-16-13-9-11(14)8-12(15)10-13/h8-10,16H,2-7,15H2,1H3. The van der Waals surface area contributed by atoms with Crippen LogP contribution in [0.4, 0.5) is 15.8 Å². The number of hydrogen-bond acceptors (Lipinski definition) is 3. The van der Waals surface area contributed by atoms with Crippen LogP contribution in [0.1, 0.15) is 25.7 Å². The van der Waals surface area contributed by atoms with Gasteiger partial charge in [0.2, 0.25) is 0 Å². The van der Waals surface area contributed by atoms with Crippen LogP contribution in [0.3, 0.4) is 0 Å². The summed E-state index contributed by atoms with van der Waals surface area (Å²) in [5, 5.41) is 3.19. The number of benzene rings is 1. The number of hydrogen-bond donors (Lipinski definition) is 2. The normalized spacial score (nSPS) is 10.5. The van der Waals surface area contributed by atoms with Crippen molar-refractivity contribution in [2.24, 2.45) is 0 Å². The van der Waals surface area contributed by atoms with Crippen molar-refractivity contribution < 1.29 is 4.39 Å². The van der Waals surface area contributed by atoms with Crippen molar-refractivity contribution in [3.8, 4) is 0 Å². The molecule has 0 aromatic heterocycles. The molecule has 0 bridgehead atoms.